The molecule has 2 aromatic rings. The monoisotopic (exact) mass is 512 g/mol. The number of nitrogens with zero attached hydrogens (tertiary/aromatic N) is 3. The van der Waals surface area contributed by atoms with Gasteiger partial charge in [-0.1, -0.05) is 0 Å². The molecule has 9 nitrogen and oxygen atoms in total. The number of aromatic nitrogens is 2. The molecule has 2 N–H and O–H groups in total. The van der Waals surface area contributed by atoms with E-state index >= 15 is 0 Å². The van der Waals surface area contributed by atoms with Crippen molar-refractivity contribution in [1.82, 2.24) is 15.8 Å². The normalized spacial score (nSPS) is 12.2. The molecule has 0 unspecified atom stereocenters. The number of hydroxylamine groups is 1. The first-order valence-corrected chi connectivity index (χ1v) is 11.7. The lowest BCUT2D eigenvalue weighted by atomic mass is 10.2. The highest BCUT2D eigenvalue weighted by atomic mass is 79.9. The number of benzene rings is 1. The van der Waals surface area contributed by atoms with Gasteiger partial charge < -0.3 is 0 Å². The summed E-state index contributed by atoms with van der Waals surface area (Å²) in [6.45, 7) is 0. The Labute approximate surface area is 176 Å². The van der Waals surface area contributed by atoms with E-state index in [1.165, 1.54) is 0 Å². The lowest BCUT2D eigenvalue weighted by Crippen LogP contribution is -2.21. The zero-order chi connectivity index (χ0) is 21.6. The standard InChI is InChI=1S/C15H15BrF2N4O5S2/c1-29(25,26)7-8(23)3-2-6-28-15-13(21-27-22-15)14(20-24)19-10-5-4-9(17)11(16)12(10)18/h4-5,24H,2-3,6-7H2,1H3,(H,19,20). The second-order valence-electron chi connectivity index (χ2n) is 5.75. The third-order valence-electron chi connectivity index (χ3n) is 3.30. The molecule has 0 fully saturated rings. The smallest absolute Gasteiger partial charge is 0.186 e. The van der Waals surface area contributed by atoms with Crippen LogP contribution in [-0.2, 0) is 14.6 Å². The lowest BCUT2D eigenvalue weighted by molar-refractivity contribution is -0.116. The number of sulfone groups is 1. The molecule has 29 heavy (non-hydrogen) atoms. The predicted molar refractivity (Wildman–Crippen MR) is 104 cm³/mol. The fraction of sp³-hybridized carbons (Fsp3) is 0.333. The molecule has 0 aliphatic rings. The van der Waals surface area contributed by atoms with Crippen molar-refractivity contribution >= 4 is 54.8 Å². The number of carbonyl (C=O) groups is 1. The molecule has 0 bridgehead atoms. The van der Waals surface area contributed by atoms with Gasteiger partial charge in [0.1, 0.15) is 23.0 Å². The average molecular weight is 513 g/mol. The van der Waals surface area contributed by atoms with Crippen molar-refractivity contribution in [1.29, 1.82) is 0 Å². The van der Waals surface area contributed by atoms with Crippen molar-refractivity contribution in [3.63, 3.8) is 0 Å². The molecule has 0 aliphatic carbocycles. The first-order chi connectivity index (χ1) is 13.6. The van der Waals surface area contributed by atoms with Gasteiger partial charge in [-0.2, -0.15) is 0 Å². The number of Topliss-reactive ketones (excluding diaryl/α,β-unsaturated/α-hetero) is 1. The molecule has 0 saturated carbocycles. The summed E-state index contributed by atoms with van der Waals surface area (Å²) in [5.74, 6) is -2.63. The van der Waals surface area contributed by atoms with E-state index in [0.29, 0.717) is 12.2 Å². The fourth-order valence-corrected chi connectivity index (χ4v) is 3.98. The highest BCUT2D eigenvalue weighted by Crippen LogP contribution is 2.29. The maximum absolute atomic E-state index is 14.1. The summed E-state index contributed by atoms with van der Waals surface area (Å²) in [5.41, 5.74) is 1.46. The summed E-state index contributed by atoms with van der Waals surface area (Å²) in [6.07, 6.45) is 1.41. The zero-order valence-electron chi connectivity index (χ0n) is 14.9. The molecule has 158 valence electrons. The molecule has 2 rings (SSSR count). The Morgan fingerprint density at radius 3 is 2.76 bits per heavy atom. The summed E-state index contributed by atoms with van der Waals surface area (Å²) in [5, 5.41) is 16.8. The number of carbonyl (C=O) groups excluding carboxylic acids is 1. The molecule has 0 spiro atoms. The topological polar surface area (TPSA) is 135 Å². The van der Waals surface area contributed by atoms with E-state index in [0.717, 1.165) is 30.2 Å². The minimum absolute atomic E-state index is 0.0280. The third-order valence-corrected chi connectivity index (χ3v) is 5.90. The number of hydrogen-bond donors (Lipinski definition) is 2. The van der Waals surface area contributed by atoms with Gasteiger partial charge >= 0.3 is 0 Å². The third kappa shape index (κ3) is 6.83. The molecular formula is C15H15BrF2N4O5S2. The van der Waals surface area contributed by atoms with Crippen LogP contribution in [0.3, 0.4) is 0 Å². The van der Waals surface area contributed by atoms with E-state index in [-0.39, 0.29) is 28.7 Å². The van der Waals surface area contributed by atoms with Crippen molar-refractivity contribution < 1.29 is 31.8 Å². The predicted octanol–water partition coefficient (Wildman–Crippen LogP) is 2.65. The van der Waals surface area contributed by atoms with Gasteiger partial charge in [-0.15, -0.1) is 11.8 Å². The summed E-state index contributed by atoms with van der Waals surface area (Å²) >= 11 is 3.87. The molecule has 0 radical (unpaired) electrons. The average Bonchev–Trinajstić information content (AvgIpc) is 3.10. The van der Waals surface area contributed by atoms with E-state index < -0.39 is 37.5 Å². The van der Waals surface area contributed by atoms with Crippen LogP contribution in [0.5, 0.6) is 0 Å². The van der Waals surface area contributed by atoms with Crippen molar-refractivity contribution in [3.05, 3.63) is 33.9 Å². The van der Waals surface area contributed by atoms with Crippen LogP contribution in [0, 0.1) is 11.6 Å². The Morgan fingerprint density at radius 1 is 1.38 bits per heavy atom. The summed E-state index contributed by atoms with van der Waals surface area (Å²) in [4.78, 5) is 15.4. The molecule has 1 heterocycles. The summed E-state index contributed by atoms with van der Waals surface area (Å²) in [6, 6.07) is 2.06. The Bertz CT molecular complexity index is 1030. The maximum Gasteiger partial charge on any atom is 0.186 e. The quantitative estimate of drug-likeness (QED) is 0.130. The maximum atomic E-state index is 14.1. The van der Waals surface area contributed by atoms with Crippen LogP contribution in [0.1, 0.15) is 18.5 Å². The van der Waals surface area contributed by atoms with Gasteiger partial charge in [-0.3, -0.25) is 15.5 Å². The second kappa shape index (κ2) is 10.2. The van der Waals surface area contributed by atoms with Gasteiger partial charge in [-0.05, 0) is 44.8 Å². The number of aliphatic imine (C=N–C) groups is 1. The molecule has 1 aromatic carbocycles. The molecular weight excluding hydrogens is 498 g/mol. The summed E-state index contributed by atoms with van der Waals surface area (Å²) < 4.78 is 53.8. The van der Waals surface area contributed by atoms with Crippen molar-refractivity contribution in [3.8, 4) is 0 Å². The number of hydrogen-bond acceptors (Lipinski definition) is 9. The van der Waals surface area contributed by atoms with E-state index in [1.807, 2.05) is 0 Å². The van der Waals surface area contributed by atoms with Gasteiger partial charge in [-0.25, -0.2) is 26.8 Å². The Morgan fingerprint density at radius 2 is 2.10 bits per heavy atom. The van der Waals surface area contributed by atoms with Gasteiger partial charge in [0.15, 0.2) is 32.2 Å². The first kappa shape index (κ1) is 23.4. The van der Waals surface area contributed by atoms with Crippen LogP contribution in [0.4, 0.5) is 14.5 Å². The molecule has 0 aliphatic heterocycles. The lowest BCUT2D eigenvalue weighted by Gasteiger charge is -2.05. The number of ketones is 1. The van der Waals surface area contributed by atoms with Gasteiger partial charge in [0.2, 0.25) is 0 Å². The van der Waals surface area contributed by atoms with Crippen LogP contribution < -0.4 is 5.48 Å². The molecule has 0 saturated heterocycles. The van der Waals surface area contributed by atoms with E-state index in [9.17, 15) is 27.2 Å². The van der Waals surface area contributed by atoms with Gasteiger partial charge in [0.25, 0.3) is 0 Å². The second-order valence-corrected chi connectivity index (χ2v) is 9.76. The number of nitrogens with one attached hydrogen (secondary N) is 1. The van der Waals surface area contributed by atoms with Crippen molar-refractivity contribution in [2.24, 2.45) is 4.99 Å². The van der Waals surface area contributed by atoms with Crippen LogP contribution in [-0.4, -0.2) is 53.3 Å². The zero-order valence-corrected chi connectivity index (χ0v) is 18.1. The van der Waals surface area contributed by atoms with Gasteiger partial charge in [0.05, 0.1) is 4.47 Å². The molecule has 1 aromatic heterocycles. The first-order valence-electron chi connectivity index (χ1n) is 7.90. The summed E-state index contributed by atoms with van der Waals surface area (Å²) in [7, 11) is -3.37. The molecule has 14 heteroatoms. The Kier molecular flexibility index (Phi) is 8.24. The highest BCUT2D eigenvalue weighted by molar-refractivity contribution is 9.10. The molecule has 0 atom stereocenters. The van der Waals surface area contributed by atoms with Crippen LogP contribution in [0.25, 0.3) is 0 Å². The van der Waals surface area contributed by atoms with Crippen molar-refractivity contribution in [2.75, 3.05) is 17.8 Å². The van der Waals surface area contributed by atoms with Crippen molar-refractivity contribution in [2.45, 2.75) is 17.9 Å². The number of rotatable bonds is 9. The SMILES string of the molecule is CS(=O)(=O)CC(=O)CCCSc1nonc1C(=Nc1ccc(F)c(Br)c1F)NO. The minimum atomic E-state index is -3.37. The Balaban J connectivity index is 2.08. The minimum Gasteiger partial charge on any atom is -0.299 e. The van der Waals surface area contributed by atoms with E-state index in [4.69, 9.17) is 0 Å². The number of amidine groups is 1. The Hall–Kier alpha value is -1.90. The highest BCUT2D eigenvalue weighted by Gasteiger charge is 2.19. The fourth-order valence-electron chi connectivity index (χ4n) is 2.08. The molecule has 0 amide bonds. The van der Waals surface area contributed by atoms with E-state index in [2.05, 4.69) is 35.9 Å². The van der Waals surface area contributed by atoms with Gasteiger partial charge in [0, 0.05) is 18.4 Å². The van der Waals surface area contributed by atoms with E-state index in [1.54, 1.807) is 5.48 Å². The van der Waals surface area contributed by atoms with Crippen LogP contribution in [0.15, 0.2) is 31.3 Å². The number of thioether (sulfide) groups is 1. The largest absolute Gasteiger partial charge is 0.299 e. The van der Waals surface area contributed by atoms with Crippen LogP contribution >= 0.6 is 27.7 Å². The number of halogens is 3. The van der Waals surface area contributed by atoms with Crippen LogP contribution in [0.2, 0.25) is 0 Å².